The fraction of sp³-hybridized carbons (Fsp3) is 0.471. The van der Waals surface area contributed by atoms with Crippen molar-refractivity contribution in [1.82, 2.24) is 4.90 Å². The molecule has 2 N–H and O–H groups in total. The quantitative estimate of drug-likeness (QED) is 0.916. The minimum atomic E-state index is 0.119. The van der Waals surface area contributed by atoms with Crippen molar-refractivity contribution in [3.05, 3.63) is 42.0 Å². The van der Waals surface area contributed by atoms with Gasteiger partial charge in [0, 0.05) is 25.6 Å². The molecule has 3 nitrogen and oxygen atoms in total. The van der Waals surface area contributed by atoms with E-state index in [1.54, 1.807) is 0 Å². The number of rotatable bonds is 4. The third-order valence-corrected chi connectivity index (χ3v) is 3.93. The number of nitrogens with zero attached hydrogens (tertiary/aromatic N) is 1. The summed E-state index contributed by atoms with van der Waals surface area (Å²) in [4.78, 5) is 14.1. The van der Waals surface area contributed by atoms with E-state index in [1.165, 1.54) is 0 Å². The second-order valence-corrected chi connectivity index (χ2v) is 5.66. The van der Waals surface area contributed by atoms with Gasteiger partial charge in [0.15, 0.2) is 0 Å². The molecule has 0 aromatic heterocycles. The largest absolute Gasteiger partial charge is 0.342 e. The molecule has 1 amide bonds. The standard InChI is InChI=1S/C17H24N2O/c1-19(12-6-9-14-7-3-2-4-8-14)17(20)15-10-5-11-16(18)13-15/h2-4,6-9,15-16H,5,10-13,18H2,1H3/b9-6+/t15-,16+/m1/s1. The number of carbonyl (C=O) groups excluding carboxylic acids is 1. The molecule has 0 bridgehead atoms. The molecule has 1 saturated carbocycles. The van der Waals surface area contributed by atoms with Crippen molar-refractivity contribution in [2.24, 2.45) is 11.7 Å². The van der Waals surface area contributed by atoms with Crippen LogP contribution in [0.5, 0.6) is 0 Å². The molecule has 1 aromatic rings. The summed E-state index contributed by atoms with van der Waals surface area (Å²) < 4.78 is 0. The molecule has 20 heavy (non-hydrogen) atoms. The lowest BCUT2D eigenvalue weighted by molar-refractivity contribution is -0.134. The maximum absolute atomic E-state index is 12.3. The number of hydrogen-bond donors (Lipinski definition) is 1. The molecule has 2 atom stereocenters. The van der Waals surface area contributed by atoms with E-state index in [-0.39, 0.29) is 17.9 Å². The van der Waals surface area contributed by atoms with Gasteiger partial charge in [-0.25, -0.2) is 0 Å². The van der Waals surface area contributed by atoms with Crippen LogP contribution < -0.4 is 5.73 Å². The van der Waals surface area contributed by atoms with Crippen LogP contribution in [0.3, 0.4) is 0 Å². The summed E-state index contributed by atoms with van der Waals surface area (Å²) in [6.07, 6.45) is 8.05. The minimum absolute atomic E-state index is 0.119. The SMILES string of the molecule is CN(C/C=C/c1ccccc1)C(=O)[C@@H]1CCC[C@H](N)C1. The number of benzene rings is 1. The zero-order valence-corrected chi connectivity index (χ0v) is 12.2. The van der Waals surface area contributed by atoms with Gasteiger partial charge in [-0.05, 0) is 24.8 Å². The van der Waals surface area contributed by atoms with Crippen molar-refractivity contribution in [3.8, 4) is 0 Å². The molecule has 0 unspecified atom stereocenters. The lowest BCUT2D eigenvalue weighted by Gasteiger charge is -2.28. The molecule has 2 rings (SSSR count). The summed E-state index contributed by atoms with van der Waals surface area (Å²) in [6.45, 7) is 0.652. The van der Waals surface area contributed by atoms with Gasteiger partial charge in [-0.2, -0.15) is 0 Å². The fourth-order valence-electron chi connectivity index (χ4n) is 2.76. The van der Waals surface area contributed by atoms with E-state index < -0.39 is 0 Å². The first-order chi connectivity index (χ1) is 9.66. The molecule has 1 aliphatic carbocycles. The fourth-order valence-corrected chi connectivity index (χ4v) is 2.76. The molecule has 3 heteroatoms. The third-order valence-electron chi connectivity index (χ3n) is 3.93. The average molecular weight is 272 g/mol. The van der Waals surface area contributed by atoms with Crippen molar-refractivity contribution in [1.29, 1.82) is 0 Å². The Labute approximate surface area is 121 Å². The van der Waals surface area contributed by atoms with Crippen LogP contribution in [-0.2, 0) is 4.79 Å². The Kier molecular flexibility index (Phi) is 5.36. The number of likely N-dealkylation sites (N-methyl/N-ethyl adjacent to an activating group) is 1. The van der Waals surface area contributed by atoms with Crippen molar-refractivity contribution in [2.45, 2.75) is 31.7 Å². The Bertz CT molecular complexity index is 455. The lowest BCUT2D eigenvalue weighted by Crippen LogP contribution is -2.38. The molecule has 0 radical (unpaired) electrons. The van der Waals surface area contributed by atoms with E-state index in [1.807, 2.05) is 36.2 Å². The molecule has 1 aliphatic rings. The van der Waals surface area contributed by atoms with E-state index in [4.69, 9.17) is 5.73 Å². The van der Waals surface area contributed by atoms with Gasteiger partial charge in [0.1, 0.15) is 0 Å². The van der Waals surface area contributed by atoms with E-state index in [0.29, 0.717) is 6.54 Å². The Morgan fingerprint density at radius 2 is 2.10 bits per heavy atom. The summed E-state index contributed by atoms with van der Waals surface area (Å²) in [5.74, 6) is 0.353. The topological polar surface area (TPSA) is 46.3 Å². The van der Waals surface area contributed by atoms with Crippen LogP contribution in [0.15, 0.2) is 36.4 Å². The van der Waals surface area contributed by atoms with Gasteiger partial charge in [0.2, 0.25) is 5.91 Å². The Hall–Kier alpha value is -1.61. The Morgan fingerprint density at radius 1 is 1.35 bits per heavy atom. The van der Waals surface area contributed by atoms with E-state index in [9.17, 15) is 4.79 Å². The first-order valence-corrected chi connectivity index (χ1v) is 7.39. The maximum Gasteiger partial charge on any atom is 0.225 e. The average Bonchev–Trinajstić information content (AvgIpc) is 2.47. The molecule has 1 aromatic carbocycles. The van der Waals surface area contributed by atoms with Gasteiger partial charge in [-0.15, -0.1) is 0 Å². The third kappa shape index (κ3) is 4.20. The molecule has 0 saturated heterocycles. The minimum Gasteiger partial charge on any atom is -0.342 e. The van der Waals surface area contributed by atoms with Crippen LogP contribution in [0.2, 0.25) is 0 Å². The zero-order valence-electron chi connectivity index (χ0n) is 12.2. The summed E-state index contributed by atoms with van der Waals surface area (Å²) in [7, 11) is 1.87. The van der Waals surface area contributed by atoms with Crippen LogP contribution in [0.4, 0.5) is 0 Å². The van der Waals surface area contributed by atoms with E-state index in [0.717, 1.165) is 31.2 Å². The van der Waals surface area contributed by atoms with Crippen LogP contribution in [0, 0.1) is 5.92 Å². The van der Waals surface area contributed by atoms with Crippen molar-refractivity contribution < 1.29 is 4.79 Å². The van der Waals surface area contributed by atoms with Gasteiger partial charge in [-0.1, -0.05) is 48.9 Å². The van der Waals surface area contributed by atoms with Crippen molar-refractivity contribution >= 4 is 12.0 Å². The highest BCUT2D eigenvalue weighted by molar-refractivity contribution is 5.79. The predicted octanol–water partition coefficient (Wildman–Crippen LogP) is 2.68. The first kappa shape index (κ1) is 14.8. The molecule has 1 fully saturated rings. The van der Waals surface area contributed by atoms with Gasteiger partial charge >= 0.3 is 0 Å². The van der Waals surface area contributed by atoms with Crippen LogP contribution >= 0.6 is 0 Å². The lowest BCUT2D eigenvalue weighted by atomic mass is 9.85. The molecule has 0 heterocycles. The second kappa shape index (κ2) is 7.25. The monoisotopic (exact) mass is 272 g/mol. The Morgan fingerprint density at radius 3 is 2.80 bits per heavy atom. The van der Waals surface area contributed by atoms with E-state index >= 15 is 0 Å². The highest BCUT2D eigenvalue weighted by atomic mass is 16.2. The molecular weight excluding hydrogens is 248 g/mol. The summed E-state index contributed by atoms with van der Waals surface area (Å²) in [5.41, 5.74) is 7.11. The summed E-state index contributed by atoms with van der Waals surface area (Å²) >= 11 is 0. The van der Waals surface area contributed by atoms with Gasteiger partial charge in [-0.3, -0.25) is 4.79 Å². The predicted molar refractivity (Wildman–Crippen MR) is 83.0 cm³/mol. The molecule has 0 aliphatic heterocycles. The smallest absolute Gasteiger partial charge is 0.225 e. The highest BCUT2D eigenvalue weighted by Gasteiger charge is 2.26. The first-order valence-electron chi connectivity index (χ1n) is 7.39. The second-order valence-electron chi connectivity index (χ2n) is 5.66. The molecule has 0 spiro atoms. The number of nitrogens with two attached hydrogens (primary N) is 1. The molecular formula is C17H24N2O. The number of amides is 1. The van der Waals surface area contributed by atoms with Crippen LogP contribution in [-0.4, -0.2) is 30.4 Å². The number of carbonyl (C=O) groups is 1. The summed E-state index contributed by atoms with van der Waals surface area (Å²) in [6, 6.07) is 10.3. The van der Waals surface area contributed by atoms with E-state index in [2.05, 4.69) is 18.2 Å². The van der Waals surface area contributed by atoms with Gasteiger partial charge in [0.25, 0.3) is 0 Å². The summed E-state index contributed by atoms with van der Waals surface area (Å²) in [5, 5.41) is 0. The molecule has 108 valence electrons. The number of hydrogen-bond acceptors (Lipinski definition) is 2. The normalized spacial score (nSPS) is 22.9. The Balaban J connectivity index is 1.83. The van der Waals surface area contributed by atoms with Crippen molar-refractivity contribution in [2.75, 3.05) is 13.6 Å². The zero-order chi connectivity index (χ0) is 14.4. The van der Waals surface area contributed by atoms with Crippen LogP contribution in [0.25, 0.3) is 6.08 Å². The van der Waals surface area contributed by atoms with Crippen LogP contribution in [0.1, 0.15) is 31.2 Å². The highest BCUT2D eigenvalue weighted by Crippen LogP contribution is 2.24. The van der Waals surface area contributed by atoms with Gasteiger partial charge < -0.3 is 10.6 Å². The van der Waals surface area contributed by atoms with Gasteiger partial charge in [0.05, 0.1) is 0 Å². The van der Waals surface area contributed by atoms with Crippen molar-refractivity contribution in [3.63, 3.8) is 0 Å². The maximum atomic E-state index is 12.3.